The molecule has 1 aromatic carbocycles. The van der Waals surface area contributed by atoms with Crippen LogP contribution in [0.15, 0.2) is 46.7 Å². The van der Waals surface area contributed by atoms with Gasteiger partial charge in [-0.15, -0.1) is 23.1 Å². The molecule has 136 valence electrons. The highest BCUT2D eigenvalue weighted by atomic mass is 32.2. The van der Waals surface area contributed by atoms with Gasteiger partial charge in [0.2, 0.25) is 5.91 Å². The molecule has 2 heterocycles. The van der Waals surface area contributed by atoms with Crippen LogP contribution in [-0.4, -0.2) is 54.0 Å². The van der Waals surface area contributed by atoms with Gasteiger partial charge in [-0.1, -0.05) is 18.2 Å². The van der Waals surface area contributed by atoms with Gasteiger partial charge in [0.15, 0.2) is 0 Å². The van der Waals surface area contributed by atoms with Gasteiger partial charge in [0.1, 0.15) is 0 Å². The molecule has 1 saturated heterocycles. The number of hydrogen-bond donors (Lipinski definition) is 0. The van der Waals surface area contributed by atoms with Crippen molar-refractivity contribution in [1.29, 1.82) is 0 Å². The van der Waals surface area contributed by atoms with Crippen LogP contribution >= 0.6 is 23.1 Å². The molecule has 1 aromatic heterocycles. The van der Waals surface area contributed by atoms with Crippen molar-refractivity contribution in [2.75, 3.05) is 32.4 Å². The van der Waals surface area contributed by atoms with Crippen LogP contribution in [0.4, 0.5) is 0 Å². The summed E-state index contributed by atoms with van der Waals surface area (Å²) in [4.78, 5) is 31.7. The molecule has 2 unspecified atom stereocenters. The summed E-state index contributed by atoms with van der Waals surface area (Å²) in [6.45, 7) is 2.51. The summed E-state index contributed by atoms with van der Waals surface area (Å²) >= 11 is 3.33. The largest absolute Gasteiger partial charge is 0.339 e. The predicted octanol–water partition coefficient (Wildman–Crippen LogP) is 3.56. The highest BCUT2D eigenvalue weighted by molar-refractivity contribution is 7.98. The number of benzene rings is 1. The molecule has 2 amide bonds. The molecule has 0 bridgehead atoms. The fraction of sp³-hybridized carbons (Fsp3) is 0.400. The first-order chi connectivity index (χ1) is 12.7. The summed E-state index contributed by atoms with van der Waals surface area (Å²) in [6, 6.07) is 11.9. The van der Waals surface area contributed by atoms with Gasteiger partial charge in [0, 0.05) is 47.8 Å². The molecule has 4 nitrogen and oxygen atoms in total. The topological polar surface area (TPSA) is 40.6 Å². The monoisotopic (exact) mass is 386 g/mol. The molecule has 0 N–H and O–H groups in total. The van der Waals surface area contributed by atoms with Crippen LogP contribution < -0.4 is 0 Å². The van der Waals surface area contributed by atoms with Crippen LogP contribution in [0.2, 0.25) is 0 Å². The molecule has 2 aliphatic rings. The maximum Gasteiger partial charge on any atom is 0.255 e. The van der Waals surface area contributed by atoms with E-state index in [1.54, 1.807) is 23.1 Å². The summed E-state index contributed by atoms with van der Waals surface area (Å²) < 4.78 is 0. The van der Waals surface area contributed by atoms with Gasteiger partial charge < -0.3 is 9.80 Å². The van der Waals surface area contributed by atoms with Gasteiger partial charge in [-0.05, 0) is 36.3 Å². The second kappa shape index (κ2) is 7.45. The maximum absolute atomic E-state index is 12.8. The zero-order valence-electron chi connectivity index (χ0n) is 14.8. The number of rotatable bonds is 4. The van der Waals surface area contributed by atoms with Crippen molar-refractivity contribution in [3.63, 3.8) is 0 Å². The van der Waals surface area contributed by atoms with E-state index < -0.39 is 0 Å². The van der Waals surface area contributed by atoms with E-state index in [4.69, 9.17) is 0 Å². The van der Waals surface area contributed by atoms with Crippen molar-refractivity contribution < 1.29 is 9.59 Å². The SMILES string of the molecule is CSc1ccccc1C(=O)N1CCN(C(=O)C2CC2c2cccs2)CC1. The average molecular weight is 387 g/mol. The minimum atomic E-state index is 0.0740. The fourth-order valence-electron chi connectivity index (χ4n) is 3.64. The number of amides is 2. The molecule has 4 rings (SSSR count). The zero-order valence-corrected chi connectivity index (χ0v) is 16.4. The quantitative estimate of drug-likeness (QED) is 0.755. The predicted molar refractivity (Wildman–Crippen MR) is 106 cm³/mol. The Morgan fingerprint density at radius 2 is 1.77 bits per heavy atom. The number of carbonyl (C=O) groups is 2. The van der Waals surface area contributed by atoms with Gasteiger partial charge in [-0.3, -0.25) is 9.59 Å². The Morgan fingerprint density at radius 1 is 1.04 bits per heavy atom. The third-order valence-electron chi connectivity index (χ3n) is 5.23. The van der Waals surface area contributed by atoms with Crippen LogP contribution in [0.25, 0.3) is 0 Å². The van der Waals surface area contributed by atoms with Crippen molar-refractivity contribution in [2.24, 2.45) is 5.92 Å². The van der Waals surface area contributed by atoms with E-state index in [1.807, 2.05) is 40.3 Å². The van der Waals surface area contributed by atoms with Crippen molar-refractivity contribution in [1.82, 2.24) is 9.80 Å². The second-order valence-electron chi connectivity index (χ2n) is 6.78. The molecule has 1 aliphatic carbocycles. The van der Waals surface area contributed by atoms with Gasteiger partial charge >= 0.3 is 0 Å². The molecule has 0 spiro atoms. The molecular formula is C20H22N2O2S2. The van der Waals surface area contributed by atoms with Crippen LogP contribution in [0.3, 0.4) is 0 Å². The van der Waals surface area contributed by atoms with E-state index in [-0.39, 0.29) is 17.7 Å². The van der Waals surface area contributed by atoms with E-state index in [1.165, 1.54) is 4.88 Å². The lowest BCUT2D eigenvalue weighted by Crippen LogP contribution is -2.51. The summed E-state index contributed by atoms with van der Waals surface area (Å²) in [5, 5.41) is 2.08. The normalized spacial score (nSPS) is 22.3. The van der Waals surface area contributed by atoms with Crippen LogP contribution in [0.5, 0.6) is 0 Å². The van der Waals surface area contributed by atoms with Crippen molar-refractivity contribution in [3.8, 4) is 0 Å². The van der Waals surface area contributed by atoms with Crippen molar-refractivity contribution >= 4 is 34.9 Å². The first kappa shape index (κ1) is 17.6. The Kier molecular flexibility index (Phi) is 5.05. The molecular weight excluding hydrogens is 364 g/mol. The standard InChI is InChI=1S/C20H22N2O2S2/c1-25-17-6-3-2-5-14(17)19(23)21-8-10-22(11-9-21)20(24)16-13-15(16)18-7-4-12-26-18/h2-7,12,15-16H,8-11,13H2,1H3. The number of hydrogen-bond acceptors (Lipinski definition) is 4. The number of thiophene rings is 1. The summed E-state index contributed by atoms with van der Waals surface area (Å²) in [6.07, 6.45) is 2.96. The first-order valence-electron chi connectivity index (χ1n) is 8.93. The lowest BCUT2D eigenvalue weighted by molar-refractivity contribution is -0.134. The van der Waals surface area contributed by atoms with E-state index in [0.29, 0.717) is 32.1 Å². The molecule has 1 aliphatic heterocycles. The van der Waals surface area contributed by atoms with Gasteiger partial charge in [-0.2, -0.15) is 0 Å². The smallest absolute Gasteiger partial charge is 0.255 e. The second-order valence-corrected chi connectivity index (χ2v) is 8.61. The summed E-state index contributed by atoms with van der Waals surface area (Å²) in [7, 11) is 0. The fourth-order valence-corrected chi connectivity index (χ4v) is 5.14. The van der Waals surface area contributed by atoms with Gasteiger partial charge in [0.25, 0.3) is 5.91 Å². The number of carbonyl (C=O) groups excluding carboxylic acids is 2. The molecule has 2 atom stereocenters. The van der Waals surface area contributed by atoms with Crippen LogP contribution in [0, 0.1) is 5.92 Å². The van der Waals surface area contributed by atoms with Crippen molar-refractivity contribution in [3.05, 3.63) is 52.2 Å². The lowest BCUT2D eigenvalue weighted by atomic mass is 10.1. The Bertz CT molecular complexity index is 798. The van der Waals surface area contributed by atoms with Crippen molar-refractivity contribution in [2.45, 2.75) is 17.2 Å². The number of nitrogens with zero attached hydrogens (tertiary/aromatic N) is 2. The maximum atomic E-state index is 12.8. The number of piperazine rings is 1. The highest BCUT2D eigenvalue weighted by Crippen LogP contribution is 2.50. The Hall–Kier alpha value is -1.79. The van der Waals surface area contributed by atoms with E-state index >= 15 is 0 Å². The van der Waals surface area contributed by atoms with E-state index in [9.17, 15) is 9.59 Å². The summed E-state index contributed by atoms with van der Waals surface area (Å²) in [5.74, 6) is 0.897. The molecule has 1 saturated carbocycles. The Balaban J connectivity index is 1.34. The highest BCUT2D eigenvalue weighted by Gasteiger charge is 2.46. The minimum absolute atomic E-state index is 0.0740. The third kappa shape index (κ3) is 3.40. The Morgan fingerprint density at radius 3 is 2.46 bits per heavy atom. The molecule has 0 radical (unpaired) electrons. The molecule has 6 heteroatoms. The molecule has 2 aromatic rings. The Labute approximate surface area is 162 Å². The van der Waals surface area contributed by atoms with Gasteiger partial charge in [0.05, 0.1) is 5.56 Å². The van der Waals surface area contributed by atoms with E-state index in [0.717, 1.165) is 16.9 Å². The van der Waals surface area contributed by atoms with Crippen LogP contribution in [-0.2, 0) is 4.79 Å². The first-order valence-corrected chi connectivity index (χ1v) is 11.0. The van der Waals surface area contributed by atoms with E-state index in [2.05, 4.69) is 17.5 Å². The van der Waals surface area contributed by atoms with Crippen LogP contribution in [0.1, 0.15) is 27.6 Å². The minimum Gasteiger partial charge on any atom is -0.339 e. The average Bonchev–Trinajstić information content (AvgIpc) is 3.31. The summed E-state index contributed by atoms with van der Waals surface area (Å²) in [5.41, 5.74) is 0.764. The lowest BCUT2D eigenvalue weighted by Gasteiger charge is -2.35. The zero-order chi connectivity index (χ0) is 18.1. The molecule has 2 fully saturated rings. The number of thioether (sulfide) groups is 1. The van der Waals surface area contributed by atoms with Gasteiger partial charge in [-0.25, -0.2) is 0 Å². The third-order valence-corrected chi connectivity index (χ3v) is 7.03. The molecule has 26 heavy (non-hydrogen) atoms.